The van der Waals surface area contributed by atoms with Crippen LogP contribution >= 0.6 is 0 Å². The number of halogens is 1. The van der Waals surface area contributed by atoms with Crippen LogP contribution in [-0.4, -0.2) is 7.05 Å². The molecule has 1 atom stereocenters. The molecule has 0 radical (unpaired) electrons. The van der Waals surface area contributed by atoms with Crippen LogP contribution in [0.15, 0.2) is 59.8 Å². The third-order valence-electron chi connectivity index (χ3n) is 5.06. The normalized spacial score (nSPS) is 13.3. The van der Waals surface area contributed by atoms with Crippen molar-refractivity contribution in [1.82, 2.24) is 5.32 Å². The maximum Gasteiger partial charge on any atom is 0.123 e. The van der Waals surface area contributed by atoms with E-state index in [2.05, 4.69) is 50.4 Å². The second kappa shape index (κ2) is 10.2. The van der Waals surface area contributed by atoms with Gasteiger partial charge in [0.1, 0.15) is 5.82 Å². The number of nitrogens with one attached hydrogen (secondary N) is 1. The van der Waals surface area contributed by atoms with Crippen LogP contribution in [0.1, 0.15) is 62.1 Å². The zero-order chi connectivity index (χ0) is 18.9. The van der Waals surface area contributed by atoms with Gasteiger partial charge in [0.05, 0.1) is 0 Å². The minimum Gasteiger partial charge on any atom is -0.391 e. The number of aryl methyl sites for hydroxylation is 2. The van der Waals surface area contributed by atoms with E-state index in [1.807, 2.05) is 19.2 Å². The molecule has 2 aromatic rings. The first-order chi connectivity index (χ1) is 12.5. The summed E-state index contributed by atoms with van der Waals surface area (Å²) in [7, 11) is 2.03. The SMILES string of the molecule is CCC/C(NC)=C(/CCc1ccc(C)cc1)CC(C)c1ccc(F)cc1. The van der Waals surface area contributed by atoms with Crippen LogP contribution in [0.4, 0.5) is 4.39 Å². The molecule has 0 heterocycles. The Morgan fingerprint density at radius 3 is 2.23 bits per heavy atom. The minimum absolute atomic E-state index is 0.169. The molecular formula is C24H32FN. The molecular weight excluding hydrogens is 321 g/mol. The van der Waals surface area contributed by atoms with Gasteiger partial charge in [-0.3, -0.25) is 0 Å². The molecule has 1 N–H and O–H groups in total. The topological polar surface area (TPSA) is 12.0 Å². The number of benzene rings is 2. The van der Waals surface area contributed by atoms with Gasteiger partial charge in [0, 0.05) is 12.7 Å². The fraction of sp³-hybridized carbons (Fsp3) is 0.417. The minimum atomic E-state index is -0.169. The molecule has 0 aliphatic rings. The van der Waals surface area contributed by atoms with Crippen LogP contribution < -0.4 is 5.32 Å². The second-order valence-electron chi connectivity index (χ2n) is 7.22. The Morgan fingerprint density at radius 1 is 1.00 bits per heavy atom. The number of allylic oxidation sites excluding steroid dienone is 2. The molecule has 0 aliphatic heterocycles. The van der Waals surface area contributed by atoms with Gasteiger partial charge in [-0.1, -0.05) is 67.8 Å². The lowest BCUT2D eigenvalue weighted by atomic mass is 9.89. The van der Waals surface area contributed by atoms with Crippen LogP contribution in [0.25, 0.3) is 0 Å². The maximum absolute atomic E-state index is 13.2. The van der Waals surface area contributed by atoms with Gasteiger partial charge in [-0.05, 0) is 61.8 Å². The molecule has 1 nitrogen and oxygen atoms in total. The zero-order valence-corrected chi connectivity index (χ0v) is 16.6. The van der Waals surface area contributed by atoms with Crippen molar-refractivity contribution in [2.45, 2.75) is 58.8 Å². The quantitative estimate of drug-likeness (QED) is 0.540. The summed E-state index contributed by atoms with van der Waals surface area (Å²) >= 11 is 0. The fourth-order valence-electron chi connectivity index (χ4n) is 3.43. The first-order valence-electron chi connectivity index (χ1n) is 9.73. The zero-order valence-electron chi connectivity index (χ0n) is 16.6. The molecule has 0 aromatic heterocycles. The van der Waals surface area contributed by atoms with Crippen LogP contribution in [0.2, 0.25) is 0 Å². The van der Waals surface area contributed by atoms with E-state index in [4.69, 9.17) is 0 Å². The molecule has 0 bridgehead atoms. The van der Waals surface area contributed by atoms with Gasteiger partial charge in [-0.25, -0.2) is 4.39 Å². The van der Waals surface area contributed by atoms with Gasteiger partial charge in [0.25, 0.3) is 0 Å². The summed E-state index contributed by atoms with van der Waals surface area (Å²) in [4.78, 5) is 0. The molecule has 140 valence electrons. The van der Waals surface area contributed by atoms with E-state index in [-0.39, 0.29) is 5.82 Å². The molecule has 2 aromatic carbocycles. The second-order valence-corrected chi connectivity index (χ2v) is 7.22. The third kappa shape index (κ3) is 6.01. The van der Waals surface area contributed by atoms with Gasteiger partial charge in [-0.15, -0.1) is 0 Å². The van der Waals surface area contributed by atoms with Gasteiger partial charge in [0.15, 0.2) is 0 Å². The Labute approximate surface area is 158 Å². The molecule has 0 aliphatic carbocycles. The third-order valence-corrected chi connectivity index (χ3v) is 5.06. The number of hydrogen-bond donors (Lipinski definition) is 1. The van der Waals surface area contributed by atoms with E-state index in [0.717, 1.165) is 32.1 Å². The van der Waals surface area contributed by atoms with Crippen LogP contribution in [-0.2, 0) is 6.42 Å². The van der Waals surface area contributed by atoms with E-state index in [1.54, 1.807) is 12.1 Å². The Morgan fingerprint density at radius 2 is 1.65 bits per heavy atom. The summed E-state index contributed by atoms with van der Waals surface area (Å²) in [6.07, 6.45) is 5.34. The fourth-order valence-corrected chi connectivity index (χ4v) is 3.43. The molecule has 0 saturated carbocycles. The Kier molecular flexibility index (Phi) is 7.90. The van der Waals surface area contributed by atoms with Crippen LogP contribution in [0.3, 0.4) is 0 Å². The molecule has 0 spiro atoms. The van der Waals surface area contributed by atoms with Crippen molar-refractivity contribution in [2.24, 2.45) is 0 Å². The Hall–Kier alpha value is -2.09. The van der Waals surface area contributed by atoms with Crippen molar-refractivity contribution in [3.05, 3.63) is 82.3 Å². The van der Waals surface area contributed by atoms with Gasteiger partial charge in [-0.2, -0.15) is 0 Å². The van der Waals surface area contributed by atoms with Gasteiger partial charge >= 0.3 is 0 Å². The van der Waals surface area contributed by atoms with Crippen molar-refractivity contribution >= 4 is 0 Å². The molecule has 26 heavy (non-hydrogen) atoms. The molecule has 2 rings (SSSR count). The van der Waals surface area contributed by atoms with Crippen LogP contribution in [0, 0.1) is 12.7 Å². The molecule has 1 unspecified atom stereocenters. The maximum atomic E-state index is 13.2. The van der Waals surface area contributed by atoms with Crippen molar-refractivity contribution in [3.63, 3.8) is 0 Å². The largest absolute Gasteiger partial charge is 0.391 e. The predicted molar refractivity (Wildman–Crippen MR) is 110 cm³/mol. The van der Waals surface area contributed by atoms with Crippen molar-refractivity contribution in [3.8, 4) is 0 Å². The lowest BCUT2D eigenvalue weighted by molar-refractivity contribution is 0.624. The number of hydrogen-bond acceptors (Lipinski definition) is 1. The summed E-state index contributed by atoms with van der Waals surface area (Å²) in [5.41, 5.74) is 6.75. The highest BCUT2D eigenvalue weighted by Gasteiger charge is 2.13. The molecule has 0 saturated heterocycles. The summed E-state index contributed by atoms with van der Waals surface area (Å²) in [5.74, 6) is 0.210. The van der Waals surface area contributed by atoms with Gasteiger partial charge in [0.2, 0.25) is 0 Å². The lowest BCUT2D eigenvalue weighted by Gasteiger charge is -2.20. The predicted octanol–water partition coefficient (Wildman–Crippen LogP) is 6.53. The van der Waals surface area contributed by atoms with E-state index >= 15 is 0 Å². The molecule has 2 heteroatoms. The highest BCUT2D eigenvalue weighted by atomic mass is 19.1. The standard InChI is InChI=1S/C24H32FN/c1-5-6-24(26-4)22(12-11-20-9-7-18(2)8-10-20)17-19(3)21-13-15-23(25)16-14-21/h7-10,13-16,19,26H,5-6,11-12,17H2,1-4H3/b24-22+. The number of rotatable bonds is 9. The average Bonchev–Trinajstić information content (AvgIpc) is 2.65. The monoisotopic (exact) mass is 353 g/mol. The van der Waals surface area contributed by atoms with Crippen LogP contribution in [0.5, 0.6) is 0 Å². The highest BCUT2D eigenvalue weighted by Crippen LogP contribution is 2.28. The summed E-state index contributed by atoms with van der Waals surface area (Å²) in [5, 5.41) is 3.43. The van der Waals surface area contributed by atoms with Crippen molar-refractivity contribution in [2.75, 3.05) is 7.05 Å². The summed E-state index contributed by atoms with van der Waals surface area (Å²) in [6, 6.07) is 15.8. The summed E-state index contributed by atoms with van der Waals surface area (Å²) < 4.78 is 13.2. The highest BCUT2D eigenvalue weighted by molar-refractivity contribution is 5.26. The van der Waals surface area contributed by atoms with E-state index in [9.17, 15) is 4.39 Å². The van der Waals surface area contributed by atoms with Crippen molar-refractivity contribution in [1.29, 1.82) is 0 Å². The average molecular weight is 354 g/mol. The van der Waals surface area contributed by atoms with Gasteiger partial charge < -0.3 is 5.32 Å². The Bertz CT molecular complexity index is 698. The lowest BCUT2D eigenvalue weighted by Crippen LogP contribution is -2.11. The summed E-state index contributed by atoms with van der Waals surface area (Å²) in [6.45, 7) is 6.58. The Balaban J connectivity index is 2.14. The molecule has 0 fully saturated rings. The first-order valence-corrected chi connectivity index (χ1v) is 9.73. The van der Waals surface area contributed by atoms with E-state index < -0.39 is 0 Å². The van der Waals surface area contributed by atoms with E-state index in [1.165, 1.54) is 28.0 Å². The molecule has 0 amide bonds. The first kappa shape index (κ1) is 20.2. The smallest absolute Gasteiger partial charge is 0.123 e. The van der Waals surface area contributed by atoms with Crippen molar-refractivity contribution < 1.29 is 4.39 Å². The van der Waals surface area contributed by atoms with E-state index in [0.29, 0.717) is 5.92 Å².